The Morgan fingerprint density at radius 1 is 0.250 bits per heavy atom. The van der Waals surface area contributed by atoms with Gasteiger partial charge in [-0.1, -0.05) is 0 Å². The molecule has 0 aliphatic heterocycles. The maximum atomic E-state index is 0. The second kappa shape index (κ2) is 2060. The fraction of sp³-hybridized carbons (Fsp3) is 0. The van der Waals surface area contributed by atoms with E-state index in [1.807, 2.05) is 0 Å². The number of rotatable bonds is 0. The summed E-state index contributed by atoms with van der Waals surface area (Å²) < 4.78 is 0. The van der Waals surface area contributed by atoms with Crippen LogP contribution >= 0.6 is 0 Å². The molecule has 0 rings (SSSR count). The van der Waals surface area contributed by atoms with E-state index in [2.05, 4.69) is 0 Å². The first-order valence-corrected chi connectivity index (χ1v) is 0. The molecule has 0 fully saturated rings. The summed E-state index contributed by atoms with van der Waals surface area (Å²) in [5.41, 5.74) is 0. The second-order valence-corrected chi connectivity index (χ2v) is 0. The van der Waals surface area contributed by atoms with Crippen LogP contribution < -0.4 is 0 Å². The van der Waals surface area contributed by atoms with E-state index in [1.54, 1.807) is 0 Å². The molecule has 8 heavy (non-hydrogen) atoms. The van der Waals surface area contributed by atoms with Crippen LogP contribution in [0.4, 0.5) is 0 Å². The zero-order valence-corrected chi connectivity index (χ0v) is 6.22. The Bertz CT molecular complexity index is 4.35. The zero-order chi connectivity index (χ0) is 0. The summed E-state index contributed by atoms with van der Waals surface area (Å²) in [5.74, 6) is 0. The van der Waals surface area contributed by atoms with Crippen molar-refractivity contribution < 1.29 is 58.8 Å². The number of hydrogen-bond donors (Lipinski definition) is 0. The van der Waals surface area contributed by atoms with Crippen LogP contribution in [0.5, 0.6) is 0 Å². The van der Waals surface area contributed by atoms with Crippen molar-refractivity contribution in [3.05, 3.63) is 0 Å². The van der Waals surface area contributed by atoms with E-state index in [0.717, 1.165) is 0 Å². The van der Waals surface area contributed by atoms with E-state index >= 15 is 0 Å². The van der Waals surface area contributed by atoms with Gasteiger partial charge in [0.1, 0.15) is 0 Å². The third-order valence-corrected chi connectivity index (χ3v) is 0. The minimum Gasteiger partial charge on any atom is -0.870 e. The normalized spacial score (nSPS) is 0. The van der Waals surface area contributed by atoms with Gasteiger partial charge in [0.2, 0.25) is 0 Å². The molecule has 0 aromatic heterocycles. The molecule has 0 radical (unpaired) electrons. The molecule has 0 aromatic carbocycles. The summed E-state index contributed by atoms with van der Waals surface area (Å²) in [6.45, 7) is 0. The van der Waals surface area contributed by atoms with E-state index in [0.29, 0.717) is 0 Å². The van der Waals surface area contributed by atoms with Gasteiger partial charge in [0.15, 0.2) is 0 Å². The van der Waals surface area contributed by atoms with Crippen LogP contribution in [0.15, 0.2) is 0 Å². The molecule has 8 heteroatoms. The van der Waals surface area contributed by atoms with Gasteiger partial charge in [-0.05, 0) is 0 Å². The molecule has 0 amide bonds. The third kappa shape index (κ3) is 1260. The minimum absolute atomic E-state index is 0. The molecule has 0 aliphatic rings. The standard InChI is InChI=1S/7H2O.Re/h7*1H2;/q;;;;;;;+7/p-7. The SMILES string of the molecule is [OH-].[OH-].[OH-].[OH-].[OH-].[OH-].[OH-].[Re+7]. The second-order valence-electron chi connectivity index (χ2n) is 0. The summed E-state index contributed by atoms with van der Waals surface area (Å²) in [7, 11) is 0. The van der Waals surface area contributed by atoms with Gasteiger partial charge in [-0.15, -0.1) is 0 Å². The van der Waals surface area contributed by atoms with Gasteiger partial charge < -0.3 is 38.3 Å². The molecule has 0 aromatic rings. The Balaban J connectivity index is 0. The van der Waals surface area contributed by atoms with Gasteiger partial charge >= 0.3 is 20.4 Å². The maximum absolute atomic E-state index is 0. The molecule has 7 nitrogen and oxygen atoms in total. The van der Waals surface area contributed by atoms with Crippen molar-refractivity contribution in [2.24, 2.45) is 0 Å². The van der Waals surface area contributed by atoms with E-state index in [4.69, 9.17) is 0 Å². The summed E-state index contributed by atoms with van der Waals surface area (Å²) in [6.07, 6.45) is 0. The van der Waals surface area contributed by atoms with Crippen molar-refractivity contribution in [1.82, 2.24) is 0 Å². The average Bonchev–Trinajstić information content (AvgIpc) is 0. The van der Waals surface area contributed by atoms with Crippen LogP contribution in [-0.2, 0) is 20.4 Å². The summed E-state index contributed by atoms with van der Waals surface area (Å²) in [4.78, 5) is 0. The van der Waals surface area contributed by atoms with E-state index < -0.39 is 0 Å². The molecule has 0 saturated heterocycles. The van der Waals surface area contributed by atoms with Crippen molar-refractivity contribution in [3.8, 4) is 0 Å². The van der Waals surface area contributed by atoms with E-state index in [-0.39, 0.29) is 58.8 Å². The van der Waals surface area contributed by atoms with Crippen molar-refractivity contribution in [1.29, 1.82) is 0 Å². The predicted octanol–water partition coefficient (Wildman–Crippen LogP) is -1.24. The molecule has 0 atom stereocenters. The fourth-order valence-corrected chi connectivity index (χ4v) is 0. The van der Waals surface area contributed by atoms with Gasteiger partial charge in [0.05, 0.1) is 0 Å². The minimum atomic E-state index is 0. The van der Waals surface area contributed by atoms with Crippen molar-refractivity contribution in [3.63, 3.8) is 0 Å². The number of hydrogen-bond acceptors (Lipinski definition) is 7. The average molecular weight is 305 g/mol. The molecule has 0 unspecified atom stereocenters. The summed E-state index contributed by atoms with van der Waals surface area (Å²) in [6, 6.07) is 0. The van der Waals surface area contributed by atoms with Gasteiger partial charge in [-0.3, -0.25) is 0 Å². The molecule has 0 aliphatic carbocycles. The quantitative estimate of drug-likeness (QED) is 0.530. The first-order valence-electron chi connectivity index (χ1n) is 0. The fourth-order valence-electron chi connectivity index (χ4n) is 0. The Morgan fingerprint density at radius 3 is 0.250 bits per heavy atom. The van der Waals surface area contributed by atoms with Crippen molar-refractivity contribution >= 4 is 0 Å². The predicted molar refractivity (Wildman–Crippen MR) is 13.6 cm³/mol. The van der Waals surface area contributed by atoms with Crippen LogP contribution in [0.2, 0.25) is 0 Å². The maximum Gasteiger partial charge on any atom is 7.00 e. The largest absolute Gasteiger partial charge is 7.00 e. The third-order valence-electron chi connectivity index (χ3n) is 0. The Hall–Kier alpha value is 0.382. The molecular weight excluding hydrogens is 298 g/mol. The van der Waals surface area contributed by atoms with Crippen molar-refractivity contribution in [2.75, 3.05) is 0 Å². The Kier molecular flexibility index (Phi) is 804000. The molecule has 0 bridgehead atoms. The van der Waals surface area contributed by atoms with Crippen molar-refractivity contribution in [2.45, 2.75) is 0 Å². The monoisotopic (exact) mass is 306 g/mol. The molecule has 56 valence electrons. The molecular formula is H7O7Re. The zero-order valence-electron chi connectivity index (χ0n) is 3.51. The topological polar surface area (TPSA) is 210 Å². The van der Waals surface area contributed by atoms with Gasteiger partial charge in [-0.2, -0.15) is 0 Å². The summed E-state index contributed by atoms with van der Waals surface area (Å²) in [5, 5.41) is 0. The van der Waals surface area contributed by atoms with E-state index in [9.17, 15) is 0 Å². The molecule has 0 saturated carbocycles. The Labute approximate surface area is 59.5 Å². The molecule has 0 spiro atoms. The first kappa shape index (κ1) is 3130. The molecule has 7 N–H and O–H groups in total. The smallest absolute Gasteiger partial charge is 0.870 e. The van der Waals surface area contributed by atoms with Gasteiger partial charge in [0.25, 0.3) is 0 Å². The summed E-state index contributed by atoms with van der Waals surface area (Å²) >= 11 is 0. The van der Waals surface area contributed by atoms with E-state index in [1.165, 1.54) is 0 Å². The van der Waals surface area contributed by atoms with Crippen LogP contribution in [0.1, 0.15) is 0 Å². The van der Waals surface area contributed by atoms with Gasteiger partial charge in [-0.25, -0.2) is 0 Å². The van der Waals surface area contributed by atoms with Crippen LogP contribution in [0.3, 0.4) is 0 Å². The first-order chi connectivity index (χ1) is 0. The Morgan fingerprint density at radius 2 is 0.250 bits per heavy atom. The van der Waals surface area contributed by atoms with Gasteiger partial charge in [0, 0.05) is 0 Å². The van der Waals surface area contributed by atoms with Crippen LogP contribution in [-0.4, -0.2) is 38.3 Å². The molecule has 0 heterocycles. The van der Waals surface area contributed by atoms with Crippen LogP contribution in [0.25, 0.3) is 0 Å². The van der Waals surface area contributed by atoms with Crippen LogP contribution in [0, 0.1) is 0 Å².